The van der Waals surface area contributed by atoms with Crippen LogP contribution < -0.4 is 5.32 Å². The molecule has 1 aliphatic heterocycles. The van der Waals surface area contributed by atoms with Crippen LogP contribution in [-0.2, 0) is 6.54 Å². The Hall–Kier alpha value is -0.830. The highest BCUT2D eigenvalue weighted by Crippen LogP contribution is 2.06. The van der Waals surface area contributed by atoms with Crippen LogP contribution in [0.15, 0.2) is 18.7 Å². The first-order valence-corrected chi connectivity index (χ1v) is 4.14. The summed E-state index contributed by atoms with van der Waals surface area (Å²) in [5.41, 5.74) is 0. The maximum atomic E-state index is 4.00. The number of nitrogens with zero attached hydrogens (tertiary/aromatic N) is 2. The summed E-state index contributed by atoms with van der Waals surface area (Å²) in [5.74, 6) is 0. The topological polar surface area (TPSA) is 29.9 Å². The van der Waals surface area contributed by atoms with Crippen LogP contribution in [0.2, 0.25) is 0 Å². The normalized spacial score (nSPS) is 24.2. The van der Waals surface area contributed by atoms with E-state index in [0.717, 1.165) is 6.54 Å². The van der Waals surface area contributed by atoms with E-state index in [9.17, 15) is 0 Å². The first-order valence-electron chi connectivity index (χ1n) is 4.14. The molecule has 2 rings (SSSR count). The third-order valence-corrected chi connectivity index (χ3v) is 2.15. The quantitative estimate of drug-likeness (QED) is 0.672. The molecule has 0 radical (unpaired) electrons. The largest absolute Gasteiger partial charge is 0.336 e. The van der Waals surface area contributed by atoms with E-state index >= 15 is 0 Å². The van der Waals surface area contributed by atoms with Crippen molar-refractivity contribution in [1.82, 2.24) is 14.9 Å². The number of hydrogen-bond acceptors (Lipinski definition) is 2. The van der Waals surface area contributed by atoms with Gasteiger partial charge in [-0.2, -0.15) is 0 Å². The Morgan fingerprint density at radius 2 is 2.64 bits per heavy atom. The lowest BCUT2D eigenvalue weighted by Crippen LogP contribution is -2.26. The van der Waals surface area contributed by atoms with E-state index in [-0.39, 0.29) is 0 Å². The molecule has 1 N–H and O–H groups in total. The number of rotatable bonds is 2. The number of imidazole rings is 1. The Bertz CT molecular complexity index is 199. The number of nitrogens with one attached hydrogen (secondary N) is 1. The molecule has 1 atom stereocenters. The molecular formula is C8H13N3. The van der Waals surface area contributed by atoms with Crippen LogP contribution in [0.5, 0.6) is 0 Å². The lowest BCUT2D eigenvalue weighted by molar-refractivity contribution is 0.509. The molecule has 0 amide bonds. The monoisotopic (exact) mass is 151 g/mol. The predicted octanol–water partition coefficient (Wildman–Crippen LogP) is 0.635. The zero-order chi connectivity index (χ0) is 7.52. The minimum absolute atomic E-state index is 0.671. The number of aromatic nitrogens is 2. The van der Waals surface area contributed by atoms with Gasteiger partial charge >= 0.3 is 0 Å². The van der Waals surface area contributed by atoms with Gasteiger partial charge in [-0.1, -0.05) is 0 Å². The molecule has 0 bridgehead atoms. The van der Waals surface area contributed by atoms with E-state index in [4.69, 9.17) is 0 Å². The van der Waals surface area contributed by atoms with Crippen molar-refractivity contribution < 1.29 is 0 Å². The zero-order valence-electron chi connectivity index (χ0n) is 6.53. The van der Waals surface area contributed by atoms with Crippen molar-refractivity contribution >= 4 is 0 Å². The van der Waals surface area contributed by atoms with Crippen molar-refractivity contribution in [3.05, 3.63) is 18.7 Å². The molecule has 0 aliphatic carbocycles. The van der Waals surface area contributed by atoms with Gasteiger partial charge in [-0.15, -0.1) is 0 Å². The average Bonchev–Trinajstić information content (AvgIpc) is 2.60. The smallest absolute Gasteiger partial charge is 0.0946 e. The third-order valence-electron chi connectivity index (χ3n) is 2.15. The van der Waals surface area contributed by atoms with Gasteiger partial charge < -0.3 is 9.88 Å². The van der Waals surface area contributed by atoms with Gasteiger partial charge in [0.1, 0.15) is 0 Å². The third kappa shape index (κ3) is 1.60. The Balaban J connectivity index is 1.90. The molecule has 60 valence electrons. The molecular weight excluding hydrogens is 138 g/mol. The maximum absolute atomic E-state index is 4.00. The fourth-order valence-corrected chi connectivity index (χ4v) is 1.56. The summed E-state index contributed by atoms with van der Waals surface area (Å²) in [6, 6.07) is 0.671. The van der Waals surface area contributed by atoms with E-state index in [1.165, 1.54) is 19.4 Å². The second-order valence-electron chi connectivity index (χ2n) is 3.05. The number of hydrogen-bond donors (Lipinski definition) is 1. The lowest BCUT2D eigenvalue weighted by atomic mass is 10.2. The highest BCUT2D eigenvalue weighted by Gasteiger charge is 2.13. The summed E-state index contributed by atoms with van der Waals surface area (Å²) >= 11 is 0. The molecule has 0 saturated carbocycles. The molecule has 1 aliphatic rings. The van der Waals surface area contributed by atoms with Gasteiger partial charge in [-0.25, -0.2) is 4.98 Å². The molecule has 1 saturated heterocycles. The van der Waals surface area contributed by atoms with Crippen molar-refractivity contribution in [1.29, 1.82) is 0 Å². The minimum Gasteiger partial charge on any atom is -0.336 e. The Labute approximate surface area is 66.4 Å². The summed E-state index contributed by atoms with van der Waals surface area (Å²) in [6.45, 7) is 2.25. The van der Waals surface area contributed by atoms with Crippen LogP contribution in [0.4, 0.5) is 0 Å². The van der Waals surface area contributed by atoms with E-state index < -0.39 is 0 Å². The van der Waals surface area contributed by atoms with Crippen molar-refractivity contribution in [2.45, 2.75) is 25.4 Å². The van der Waals surface area contributed by atoms with Crippen molar-refractivity contribution in [3.8, 4) is 0 Å². The zero-order valence-corrected chi connectivity index (χ0v) is 6.53. The average molecular weight is 151 g/mol. The van der Waals surface area contributed by atoms with Crippen LogP contribution in [0, 0.1) is 0 Å². The van der Waals surface area contributed by atoms with Gasteiger partial charge in [-0.3, -0.25) is 0 Å². The first-order chi connectivity index (χ1) is 5.45. The van der Waals surface area contributed by atoms with Crippen LogP contribution in [0.25, 0.3) is 0 Å². The molecule has 0 spiro atoms. The minimum atomic E-state index is 0.671. The molecule has 3 nitrogen and oxygen atoms in total. The SMILES string of the molecule is c1cn(C[C@H]2CCCN2)cn1. The molecule has 1 aromatic heterocycles. The molecule has 1 fully saturated rings. The van der Waals surface area contributed by atoms with Gasteiger partial charge in [0.25, 0.3) is 0 Å². The molecule has 2 heterocycles. The van der Waals surface area contributed by atoms with Gasteiger partial charge in [0, 0.05) is 25.0 Å². The van der Waals surface area contributed by atoms with Crippen molar-refractivity contribution in [2.24, 2.45) is 0 Å². The molecule has 11 heavy (non-hydrogen) atoms. The molecule has 0 aromatic carbocycles. The highest BCUT2D eigenvalue weighted by atomic mass is 15.1. The van der Waals surface area contributed by atoms with Gasteiger partial charge in [-0.05, 0) is 19.4 Å². The summed E-state index contributed by atoms with van der Waals surface area (Å²) in [5, 5.41) is 3.45. The van der Waals surface area contributed by atoms with Crippen molar-refractivity contribution in [3.63, 3.8) is 0 Å². The van der Waals surface area contributed by atoms with Crippen LogP contribution >= 0.6 is 0 Å². The van der Waals surface area contributed by atoms with Crippen molar-refractivity contribution in [2.75, 3.05) is 6.54 Å². The summed E-state index contributed by atoms with van der Waals surface area (Å²) in [6.07, 6.45) is 8.34. The van der Waals surface area contributed by atoms with Gasteiger partial charge in [0.2, 0.25) is 0 Å². The second kappa shape index (κ2) is 3.05. The summed E-state index contributed by atoms with van der Waals surface area (Å²) in [7, 11) is 0. The van der Waals surface area contributed by atoms with E-state index in [1.54, 1.807) is 0 Å². The van der Waals surface area contributed by atoms with Crippen LogP contribution in [0.1, 0.15) is 12.8 Å². The lowest BCUT2D eigenvalue weighted by Gasteiger charge is -2.09. The maximum Gasteiger partial charge on any atom is 0.0946 e. The summed E-state index contributed by atoms with van der Waals surface area (Å²) < 4.78 is 2.13. The molecule has 3 heteroatoms. The van der Waals surface area contributed by atoms with Gasteiger partial charge in [0.05, 0.1) is 6.33 Å². The fourth-order valence-electron chi connectivity index (χ4n) is 1.56. The standard InChI is InChI=1S/C8H13N3/c1-2-8(10-3-1)6-11-5-4-9-7-11/h4-5,7-8,10H,1-3,6H2/t8-/m1/s1. The van der Waals surface area contributed by atoms with Crippen LogP contribution in [-0.4, -0.2) is 22.1 Å². The summed E-state index contributed by atoms with van der Waals surface area (Å²) in [4.78, 5) is 4.00. The Morgan fingerprint density at radius 3 is 3.27 bits per heavy atom. The van der Waals surface area contributed by atoms with E-state index in [0.29, 0.717) is 6.04 Å². The predicted molar refractivity (Wildman–Crippen MR) is 43.3 cm³/mol. The van der Waals surface area contributed by atoms with E-state index in [2.05, 4.69) is 14.9 Å². The first kappa shape index (κ1) is 6.85. The molecule has 0 unspecified atom stereocenters. The second-order valence-corrected chi connectivity index (χ2v) is 3.05. The Morgan fingerprint density at radius 1 is 1.64 bits per heavy atom. The fraction of sp³-hybridized carbons (Fsp3) is 0.625. The van der Waals surface area contributed by atoms with E-state index in [1.807, 2.05) is 18.7 Å². The highest BCUT2D eigenvalue weighted by molar-refractivity contribution is 4.80. The van der Waals surface area contributed by atoms with Gasteiger partial charge in [0.15, 0.2) is 0 Å². The van der Waals surface area contributed by atoms with Crippen LogP contribution in [0.3, 0.4) is 0 Å². The Kier molecular flexibility index (Phi) is 1.90. The molecule has 1 aromatic rings.